The van der Waals surface area contributed by atoms with E-state index < -0.39 is 0 Å². The van der Waals surface area contributed by atoms with Crippen molar-refractivity contribution in [2.45, 2.75) is 51.8 Å². The van der Waals surface area contributed by atoms with E-state index in [4.69, 9.17) is 0 Å². The van der Waals surface area contributed by atoms with Gasteiger partial charge in [0.05, 0.1) is 12.6 Å². The van der Waals surface area contributed by atoms with Gasteiger partial charge in [-0.1, -0.05) is 29.8 Å². The van der Waals surface area contributed by atoms with E-state index in [-0.39, 0.29) is 12.0 Å². The van der Waals surface area contributed by atoms with Gasteiger partial charge in [-0.15, -0.1) is 0 Å². The van der Waals surface area contributed by atoms with Crippen LogP contribution >= 0.6 is 0 Å². The van der Waals surface area contributed by atoms with E-state index in [0.29, 0.717) is 18.5 Å². The second kappa shape index (κ2) is 7.02. The molecule has 1 aliphatic heterocycles. The number of amides is 1. The molecule has 1 amide bonds. The zero-order valence-electron chi connectivity index (χ0n) is 14.2. The zero-order valence-corrected chi connectivity index (χ0v) is 14.2. The van der Waals surface area contributed by atoms with Crippen molar-refractivity contribution in [3.8, 4) is 0 Å². The zero-order chi connectivity index (χ0) is 16.4. The SMILES string of the molecule is Cc1ccc(CN(C(=O)CN2CCC(C(C)O)C2)C2CC2)cc1. The molecule has 4 nitrogen and oxygen atoms in total. The van der Waals surface area contributed by atoms with Gasteiger partial charge in [0.25, 0.3) is 0 Å². The molecule has 0 radical (unpaired) electrons. The fourth-order valence-corrected chi connectivity index (χ4v) is 3.38. The van der Waals surface area contributed by atoms with E-state index in [1.54, 1.807) is 0 Å². The maximum Gasteiger partial charge on any atom is 0.237 e. The van der Waals surface area contributed by atoms with Crippen LogP contribution in [0, 0.1) is 12.8 Å². The predicted molar refractivity (Wildman–Crippen MR) is 91.0 cm³/mol. The number of benzene rings is 1. The van der Waals surface area contributed by atoms with Gasteiger partial charge < -0.3 is 10.0 Å². The molecule has 1 heterocycles. The lowest BCUT2D eigenvalue weighted by atomic mass is 10.0. The summed E-state index contributed by atoms with van der Waals surface area (Å²) in [5.41, 5.74) is 2.46. The number of hydrogen-bond acceptors (Lipinski definition) is 3. The Morgan fingerprint density at radius 1 is 1.30 bits per heavy atom. The molecule has 2 aliphatic rings. The molecular weight excluding hydrogens is 288 g/mol. The van der Waals surface area contributed by atoms with Gasteiger partial charge in [-0.3, -0.25) is 9.69 Å². The van der Waals surface area contributed by atoms with Crippen molar-refractivity contribution >= 4 is 5.91 Å². The topological polar surface area (TPSA) is 43.8 Å². The molecule has 4 heteroatoms. The average Bonchev–Trinajstić information content (AvgIpc) is 3.25. The minimum absolute atomic E-state index is 0.235. The Balaban J connectivity index is 1.58. The van der Waals surface area contributed by atoms with Crippen molar-refractivity contribution in [3.05, 3.63) is 35.4 Å². The van der Waals surface area contributed by atoms with Crippen LogP contribution in [0.1, 0.15) is 37.3 Å². The number of aryl methyl sites for hydroxylation is 1. The smallest absolute Gasteiger partial charge is 0.237 e. The predicted octanol–water partition coefficient (Wildman–Crippen LogP) is 2.19. The second-order valence-electron chi connectivity index (χ2n) is 7.26. The Labute approximate surface area is 139 Å². The summed E-state index contributed by atoms with van der Waals surface area (Å²) in [4.78, 5) is 17.0. The second-order valence-corrected chi connectivity index (χ2v) is 7.26. The van der Waals surface area contributed by atoms with Gasteiger partial charge in [0.15, 0.2) is 0 Å². The van der Waals surface area contributed by atoms with Crippen molar-refractivity contribution in [2.75, 3.05) is 19.6 Å². The largest absolute Gasteiger partial charge is 0.393 e. The highest BCUT2D eigenvalue weighted by Gasteiger charge is 2.34. The molecule has 1 N–H and O–H groups in total. The highest BCUT2D eigenvalue weighted by atomic mass is 16.3. The molecule has 2 fully saturated rings. The molecule has 1 aliphatic carbocycles. The summed E-state index contributed by atoms with van der Waals surface area (Å²) < 4.78 is 0. The molecule has 0 aromatic heterocycles. The molecule has 1 saturated carbocycles. The highest BCUT2D eigenvalue weighted by Crippen LogP contribution is 2.29. The number of nitrogens with zero attached hydrogens (tertiary/aromatic N) is 2. The molecule has 2 atom stereocenters. The van der Waals surface area contributed by atoms with Crippen molar-refractivity contribution in [1.82, 2.24) is 9.80 Å². The van der Waals surface area contributed by atoms with Crippen LogP contribution in [0.2, 0.25) is 0 Å². The van der Waals surface area contributed by atoms with Crippen LogP contribution in [-0.2, 0) is 11.3 Å². The summed E-state index contributed by atoms with van der Waals surface area (Å²) in [7, 11) is 0. The molecule has 126 valence electrons. The maximum atomic E-state index is 12.8. The monoisotopic (exact) mass is 316 g/mol. The Morgan fingerprint density at radius 3 is 2.57 bits per heavy atom. The summed E-state index contributed by atoms with van der Waals surface area (Å²) in [6.45, 7) is 6.91. The normalized spacial score (nSPS) is 23.0. The Bertz CT molecular complexity index is 537. The molecule has 3 rings (SSSR count). The number of carbonyl (C=O) groups is 1. The van der Waals surface area contributed by atoms with Gasteiger partial charge >= 0.3 is 0 Å². The fourth-order valence-electron chi connectivity index (χ4n) is 3.38. The van der Waals surface area contributed by atoms with Crippen LogP contribution in [0.3, 0.4) is 0 Å². The van der Waals surface area contributed by atoms with Crippen LogP contribution in [0.15, 0.2) is 24.3 Å². The fraction of sp³-hybridized carbons (Fsp3) is 0.632. The molecule has 2 unspecified atom stereocenters. The number of rotatable bonds is 6. The van der Waals surface area contributed by atoms with E-state index >= 15 is 0 Å². The van der Waals surface area contributed by atoms with Gasteiger partial charge in [-0.2, -0.15) is 0 Å². The van der Waals surface area contributed by atoms with Crippen molar-refractivity contribution in [3.63, 3.8) is 0 Å². The van der Waals surface area contributed by atoms with Gasteiger partial charge in [0.2, 0.25) is 5.91 Å². The van der Waals surface area contributed by atoms with Gasteiger partial charge in [-0.05, 0) is 51.1 Å². The van der Waals surface area contributed by atoms with E-state index in [2.05, 4.69) is 41.0 Å². The highest BCUT2D eigenvalue weighted by molar-refractivity contribution is 5.79. The third-order valence-electron chi connectivity index (χ3n) is 5.13. The molecule has 1 aromatic carbocycles. The summed E-state index contributed by atoms with van der Waals surface area (Å²) in [5.74, 6) is 0.550. The first-order valence-electron chi connectivity index (χ1n) is 8.78. The van der Waals surface area contributed by atoms with Gasteiger partial charge in [0, 0.05) is 19.1 Å². The van der Waals surface area contributed by atoms with Crippen LogP contribution in [-0.4, -0.2) is 52.6 Å². The number of aliphatic hydroxyl groups is 1. The van der Waals surface area contributed by atoms with Crippen LogP contribution in [0.4, 0.5) is 0 Å². The van der Waals surface area contributed by atoms with E-state index in [9.17, 15) is 9.90 Å². The van der Waals surface area contributed by atoms with E-state index in [1.165, 1.54) is 11.1 Å². The number of aliphatic hydroxyl groups excluding tert-OH is 1. The quantitative estimate of drug-likeness (QED) is 0.875. The first-order chi connectivity index (χ1) is 11.0. The summed E-state index contributed by atoms with van der Waals surface area (Å²) in [6, 6.07) is 8.89. The molecule has 23 heavy (non-hydrogen) atoms. The number of carbonyl (C=O) groups excluding carboxylic acids is 1. The van der Waals surface area contributed by atoms with Crippen molar-refractivity contribution < 1.29 is 9.90 Å². The standard InChI is InChI=1S/C19H28N2O2/c1-14-3-5-16(6-4-14)11-21(18-7-8-18)19(23)13-20-10-9-17(12-20)15(2)22/h3-6,15,17-18,22H,7-13H2,1-2H3. The summed E-state index contributed by atoms with van der Waals surface area (Å²) >= 11 is 0. The first kappa shape index (κ1) is 16.5. The van der Waals surface area contributed by atoms with Gasteiger partial charge in [0.1, 0.15) is 0 Å². The molecular formula is C19H28N2O2. The first-order valence-corrected chi connectivity index (χ1v) is 8.78. The maximum absolute atomic E-state index is 12.8. The summed E-state index contributed by atoms with van der Waals surface area (Å²) in [6.07, 6.45) is 2.98. The third-order valence-corrected chi connectivity index (χ3v) is 5.13. The molecule has 1 saturated heterocycles. The van der Waals surface area contributed by atoms with Crippen LogP contribution in [0.5, 0.6) is 0 Å². The Hall–Kier alpha value is -1.39. The molecule has 1 aromatic rings. The lowest BCUT2D eigenvalue weighted by Gasteiger charge is -2.26. The number of hydrogen-bond donors (Lipinski definition) is 1. The molecule has 0 bridgehead atoms. The summed E-state index contributed by atoms with van der Waals surface area (Å²) in [5, 5.41) is 9.71. The lowest BCUT2D eigenvalue weighted by molar-refractivity contribution is -0.133. The average molecular weight is 316 g/mol. The van der Waals surface area contributed by atoms with Crippen LogP contribution in [0.25, 0.3) is 0 Å². The van der Waals surface area contributed by atoms with Crippen molar-refractivity contribution in [2.24, 2.45) is 5.92 Å². The van der Waals surface area contributed by atoms with E-state index in [0.717, 1.165) is 38.9 Å². The Morgan fingerprint density at radius 2 is 2.00 bits per heavy atom. The number of likely N-dealkylation sites (tertiary alicyclic amines) is 1. The minimum Gasteiger partial charge on any atom is -0.393 e. The lowest BCUT2D eigenvalue weighted by Crippen LogP contribution is -2.40. The van der Waals surface area contributed by atoms with Gasteiger partial charge in [-0.25, -0.2) is 0 Å². The minimum atomic E-state index is -0.276. The third kappa shape index (κ3) is 4.33. The van der Waals surface area contributed by atoms with Crippen molar-refractivity contribution in [1.29, 1.82) is 0 Å². The van der Waals surface area contributed by atoms with Crippen LogP contribution < -0.4 is 0 Å². The molecule has 0 spiro atoms. The Kier molecular flexibility index (Phi) is 5.02. The van der Waals surface area contributed by atoms with E-state index in [1.807, 2.05) is 6.92 Å².